The van der Waals surface area contributed by atoms with Gasteiger partial charge in [0.05, 0.1) is 0 Å². The Bertz CT molecular complexity index is 1580. The number of benzene rings is 1. The highest BCUT2D eigenvalue weighted by Gasteiger charge is 2.56. The maximum absolute atomic E-state index is 12.5. The lowest BCUT2D eigenvalue weighted by atomic mass is 10.1. The van der Waals surface area contributed by atoms with Crippen LogP contribution in [0.5, 0.6) is 0 Å². The number of hydrogen-bond donors (Lipinski definition) is 2. The number of ether oxygens (including phenoxy) is 1. The van der Waals surface area contributed by atoms with Gasteiger partial charge in [-0.1, -0.05) is 24.3 Å². The minimum absolute atomic E-state index is 0.0133. The van der Waals surface area contributed by atoms with E-state index in [1.54, 1.807) is 6.92 Å². The average molecular weight is 503 g/mol. The fourth-order valence-electron chi connectivity index (χ4n) is 3.62. The molecule has 36 heavy (non-hydrogen) atoms. The highest BCUT2D eigenvalue weighted by molar-refractivity contribution is 7.07. The van der Waals surface area contributed by atoms with Gasteiger partial charge < -0.3 is 18.7 Å². The van der Waals surface area contributed by atoms with E-state index in [4.69, 9.17) is 13.6 Å². The summed E-state index contributed by atoms with van der Waals surface area (Å²) < 4.78 is 20.4. The highest BCUT2D eigenvalue weighted by Crippen LogP contribution is 2.48. The first-order valence-electron chi connectivity index (χ1n) is 10.8. The molecule has 0 saturated heterocycles. The van der Waals surface area contributed by atoms with Crippen LogP contribution in [0.25, 0.3) is 11.4 Å². The quantitative estimate of drug-likeness (QED) is 0.376. The van der Waals surface area contributed by atoms with Crippen molar-refractivity contribution in [3.8, 4) is 17.9 Å². The Kier molecular flexibility index (Phi) is 5.66. The number of carboxylic acid groups (broad SMARTS) is 1. The summed E-state index contributed by atoms with van der Waals surface area (Å²) in [6, 6.07) is 9.46. The zero-order valence-corrected chi connectivity index (χ0v) is 19.8. The molecule has 1 aliphatic carbocycles. The van der Waals surface area contributed by atoms with E-state index < -0.39 is 23.6 Å². The van der Waals surface area contributed by atoms with Gasteiger partial charge >= 0.3 is 17.8 Å². The van der Waals surface area contributed by atoms with E-state index >= 15 is 0 Å². The Morgan fingerprint density at radius 2 is 2.03 bits per heavy atom. The van der Waals surface area contributed by atoms with E-state index in [0.717, 1.165) is 22.7 Å². The van der Waals surface area contributed by atoms with E-state index in [9.17, 15) is 20.0 Å². The molecule has 2 N–H and O–H groups in total. The molecule has 180 valence electrons. The van der Waals surface area contributed by atoms with Crippen LogP contribution in [-0.2, 0) is 14.9 Å². The number of nitriles is 1. The summed E-state index contributed by atoms with van der Waals surface area (Å²) in [5.41, 5.74) is 0.934. The van der Waals surface area contributed by atoms with Crippen molar-refractivity contribution in [2.24, 2.45) is 0 Å². The smallest absolute Gasteiger partial charge is 0.412 e. The van der Waals surface area contributed by atoms with Crippen molar-refractivity contribution in [2.75, 3.05) is 5.32 Å². The molecule has 0 radical (unpaired) electrons. The number of hydrogen-bond acceptors (Lipinski definition) is 10. The van der Waals surface area contributed by atoms with Crippen LogP contribution < -0.4 is 5.32 Å². The summed E-state index contributed by atoms with van der Waals surface area (Å²) in [5.74, 6) is 4.45. The maximum Gasteiger partial charge on any atom is 0.412 e. The lowest BCUT2D eigenvalue weighted by Gasteiger charge is -2.16. The molecule has 1 amide bonds. The summed E-state index contributed by atoms with van der Waals surface area (Å²) in [6.45, 7) is 3.67. The third-order valence-electron chi connectivity index (χ3n) is 5.76. The van der Waals surface area contributed by atoms with E-state index in [-0.39, 0.29) is 34.6 Å². The number of nitrogens with one attached hydrogen (secondary N) is 1. The van der Waals surface area contributed by atoms with Gasteiger partial charge in [-0.15, -0.1) is 0 Å². The normalized spacial score (nSPS) is 14.4. The zero-order chi connectivity index (χ0) is 25.4. The molecule has 0 spiro atoms. The van der Waals surface area contributed by atoms with Crippen LogP contribution >= 0.6 is 11.5 Å². The van der Waals surface area contributed by atoms with Crippen molar-refractivity contribution in [3.63, 3.8) is 0 Å². The molecule has 0 bridgehead atoms. The molecule has 4 aromatic rings. The fraction of sp³-hybridized carbons (Fsp3) is 0.250. The van der Waals surface area contributed by atoms with Gasteiger partial charge in [0.2, 0.25) is 11.5 Å². The molecule has 1 fully saturated rings. The summed E-state index contributed by atoms with van der Waals surface area (Å²) >= 11 is 0.916. The average Bonchev–Trinajstić information content (AvgIpc) is 3.23. The molecule has 1 saturated carbocycles. The third kappa shape index (κ3) is 4.15. The number of aliphatic carboxylic acids is 1. The van der Waals surface area contributed by atoms with E-state index in [1.807, 2.05) is 37.3 Å². The number of anilines is 1. The van der Waals surface area contributed by atoms with Crippen molar-refractivity contribution >= 4 is 40.7 Å². The van der Waals surface area contributed by atoms with Gasteiger partial charge in [-0.2, -0.15) is 19.6 Å². The Hall–Kier alpha value is -4.68. The van der Waals surface area contributed by atoms with Crippen molar-refractivity contribution in [1.29, 1.82) is 5.26 Å². The molecular weight excluding hydrogens is 486 g/mol. The van der Waals surface area contributed by atoms with Crippen molar-refractivity contribution in [1.82, 2.24) is 14.3 Å². The first-order valence-corrected chi connectivity index (χ1v) is 11.5. The number of nitrogens with zero attached hydrogens (tertiary/aromatic N) is 4. The second-order valence-electron chi connectivity index (χ2n) is 8.16. The minimum atomic E-state index is -1.11. The molecule has 3 heterocycles. The second-order valence-corrected chi connectivity index (χ2v) is 8.94. The second kappa shape index (κ2) is 8.83. The topological polar surface area (TPSA) is 164 Å². The molecule has 0 aliphatic heterocycles. The van der Waals surface area contributed by atoms with E-state index in [1.165, 1.54) is 0 Å². The first kappa shape index (κ1) is 23.1. The number of oxazole rings is 2. The van der Waals surface area contributed by atoms with Crippen molar-refractivity contribution < 1.29 is 28.3 Å². The molecule has 11 nitrogen and oxygen atoms in total. The molecule has 1 aliphatic rings. The summed E-state index contributed by atoms with van der Waals surface area (Å²) in [6.07, 6.45) is -0.406. The van der Waals surface area contributed by atoms with Gasteiger partial charge in [-0.3, -0.25) is 10.1 Å². The highest BCUT2D eigenvalue weighted by atomic mass is 32.1. The summed E-state index contributed by atoms with van der Waals surface area (Å²) in [5, 5.41) is 21.3. The van der Waals surface area contributed by atoms with Gasteiger partial charge in [-0.25, -0.2) is 4.79 Å². The van der Waals surface area contributed by atoms with Gasteiger partial charge in [0.15, 0.2) is 5.69 Å². The largest absolute Gasteiger partial charge is 0.480 e. The van der Waals surface area contributed by atoms with Gasteiger partial charge in [-0.05, 0) is 61.2 Å². The monoisotopic (exact) mass is 503 g/mol. The number of carbonyl (C=O) groups excluding carboxylic acids is 1. The number of rotatable bonds is 5. The number of aryl methyl sites for hydroxylation is 1. The maximum atomic E-state index is 12.5. The number of carbonyl (C=O) groups is 2. The minimum Gasteiger partial charge on any atom is -0.480 e. The molecule has 1 unspecified atom stereocenters. The Morgan fingerprint density at radius 1 is 1.25 bits per heavy atom. The number of carboxylic acids is 1. The Morgan fingerprint density at radius 3 is 2.69 bits per heavy atom. The number of aromatic nitrogens is 3. The number of amides is 1. The van der Waals surface area contributed by atoms with Crippen LogP contribution in [0.1, 0.15) is 59.3 Å². The third-order valence-corrected chi connectivity index (χ3v) is 6.53. The van der Waals surface area contributed by atoms with E-state index in [2.05, 4.69) is 31.5 Å². The van der Waals surface area contributed by atoms with Gasteiger partial charge in [0, 0.05) is 0 Å². The number of fused-ring (bicyclic) bond motifs is 1. The SMILES string of the molecule is Cc1ccccc1C(C)OC(=O)Nc1c(C#N)nsc1C#Cc1nc2nc(C3(C(=O)O)CC3)oc2o1. The zero-order valence-electron chi connectivity index (χ0n) is 19.0. The summed E-state index contributed by atoms with van der Waals surface area (Å²) in [7, 11) is 0. The van der Waals surface area contributed by atoms with Crippen molar-refractivity contribution in [2.45, 2.75) is 38.2 Å². The standard InChI is InChI=1S/C24H17N5O6S/c1-12-5-3-4-6-14(12)13(2)33-23(32)27-18-15(11-25)29-36-16(18)7-8-17-26-19-20(34-17)35-21(28-19)24(9-10-24)22(30)31/h3-6,13H,9-10H2,1-2H3,(H,27,32)(H,30,31). The van der Waals surface area contributed by atoms with Crippen LogP contribution in [0.3, 0.4) is 0 Å². The van der Waals surface area contributed by atoms with Crippen LogP contribution in [0.15, 0.2) is 33.1 Å². The molecule has 1 atom stereocenters. The van der Waals surface area contributed by atoms with Crippen LogP contribution in [0.2, 0.25) is 0 Å². The predicted octanol–water partition coefficient (Wildman–Crippen LogP) is 4.28. The van der Waals surface area contributed by atoms with E-state index in [0.29, 0.717) is 17.7 Å². The van der Waals surface area contributed by atoms with Crippen LogP contribution in [0.4, 0.5) is 10.5 Å². The fourth-order valence-corrected chi connectivity index (χ4v) is 4.27. The molecule has 5 rings (SSSR count). The molecule has 12 heteroatoms. The molecule has 3 aromatic heterocycles. The van der Waals surface area contributed by atoms with Crippen LogP contribution in [-0.4, -0.2) is 31.5 Å². The lowest BCUT2D eigenvalue weighted by Crippen LogP contribution is -2.19. The first-order chi connectivity index (χ1) is 17.3. The Balaban J connectivity index is 1.33. The predicted molar refractivity (Wildman–Crippen MR) is 125 cm³/mol. The Labute approximate surface area is 207 Å². The summed E-state index contributed by atoms with van der Waals surface area (Å²) in [4.78, 5) is 32.5. The van der Waals surface area contributed by atoms with Gasteiger partial charge in [0.1, 0.15) is 28.2 Å². The van der Waals surface area contributed by atoms with Crippen molar-refractivity contribution in [3.05, 3.63) is 57.7 Å². The van der Waals surface area contributed by atoms with Crippen LogP contribution in [0, 0.1) is 30.1 Å². The van der Waals surface area contributed by atoms with Gasteiger partial charge in [0.25, 0.3) is 5.89 Å². The molecule has 1 aromatic carbocycles. The molecular formula is C24H17N5O6S. The lowest BCUT2D eigenvalue weighted by molar-refractivity contribution is -0.140.